The fraction of sp³-hybridized carbons (Fsp3) is 0.333. The van der Waals surface area contributed by atoms with E-state index in [0.717, 1.165) is 10.0 Å². The van der Waals surface area contributed by atoms with Crippen molar-refractivity contribution in [1.82, 2.24) is 4.72 Å². The van der Waals surface area contributed by atoms with E-state index >= 15 is 0 Å². The number of benzene rings is 1. The van der Waals surface area contributed by atoms with Gasteiger partial charge in [-0.3, -0.25) is 0 Å². The van der Waals surface area contributed by atoms with E-state index in [9.17, 15) is 17.2 Å². The summed E-state index contributed by atoms with van der Waals surface area (Å²) in [6.45, 7) is 0.841. The normalized spacial score (nSPS) is 12.1. The summed E-state index contributed by atoms with van der Waals surface area (Å²) in [4.78, 5) is -0.0196. The number of hydrogen-bond acceptors (Lipinski definition) is 2. The Morgan fingerprint density at radius 1 is 1.44 bits per heavy atom. The van der Waals surface area contributed by atoms with Gasteiger partial charge in [0.1, 0.15) is 0 Å². The van der Waals surface area contributed by atoms with Crippen LogP contribution in [0.3, 0.4) is 0 Å². The molecule has 0 spiro atoms. The highest BCUT2D eigenvalue weighted by atomic mass is 79.9. The van der Waals surface area contributed by atoms with E-state index < -0.39 is 23.0 Å². The molecule has 0 aliphatic heterocycles. The van der Waals surface area contributed by atoms with E-state index in [1.54, 1.807) is 13.0 Å². The molecular formula is C9H10BrF2NO2S. The number of rotatable bonds is 4. The van der Waals surface area contributed by atoms with Crippen LogP contribution in [0, 0.1) is 6.92 Å². The highest BCUT2D eigenvalue weighted by Crippen LogP contribution is 2.19. The second-order valence-electron chi connectivity index (χ2n) is 3.15. The molecule has 0 fully saturated rings. The molecule has 7 heteroatoms. The lowest BCUT2D eigenvalue weighted by atomic mass is 10.2. The smallest absolute Gasteiger partial charge is 0.209 e. The Kier molecular flexibility index (Phi) is 4.40. The number of sulfonamides is 1. The summed E-state index contributed by atoms with van der Waals surface area (Å²) >= 11 is 3.22. The van der Waals surface area contributed by atoms with Crippen LogP contribution in [0.5, 0.6) is 0 Å². The molecule has 0 aliphatic rings. The molecule has 0 saturated carbocycles. The number of nitrogens with one attached hydrogen (secondary N) is 1. The molecule has 0 unspecified atom stereocenters. The van der Waals surface area contributed by atoms with E-state index in [1.807, 2.05) is 4.72 Å². The Morgan fingerprint density at radius 3 is 2.56 bits per heavy atom. The number of halogens is 3. The summed E-state index contributed by atoms with van der Waals surface area (Å²) in [5, 5.41) is 0. The summed E-state index contributed by atoms with van der Waals surface area (Å²) < 4.78 is 49.5. The second-order valence-corrected chi connectivity index (χ2v) is 5.78. The Labute approximate surface area is 101 Å². The maximum atomic E-state index is 11.9. The molecule has 3 nitrogen and oxygen atoms in total. The third kappa shape index (κ3) is 3.50. The Hall–Kier alpha value is -0.530. The summed E-state index contributed by atoms with van der Waals surface area (Å²) in [7, 11) is -3.85. The first-order valence-electron chi connectivity index (χ1n) is 4.37. The topological polar surface area (TPSA) is 46.2 Å². The Bertz CT molecular complexity index is 476. The largest absolute Gasteiger partial charge is 0.251 e. The third-order valence-electron chi connectivity index (χ3n) is 1.87. The molecule has 0 radical (unpaired) electrons. The Balaban J connectivity index is 2.94. The minimum absolute atomic E-state index is 0.0196. The van der Waals surface area contributed by atoms with Gasteiger partial charge in [0.05, 0.1) is 11.4 Å². The molecule has 0 atom stereocenters. The van der Waals surface area contributed by atoms with Gasteiger partial charge in [-0.05, 0) is 30.7 Å². The van der Waals surface area contributed by atoms with E-state index in [-0.39, 0.29) is 4.90 Å². The predicted molar refractivity (Wildman–Crippen MR) is 60.1 cm³/mol. The van der Waals surface area contributed by atoms with Crippen molar-refractivity contribution in [3.63, 3.8) is 0 Å². The molecule has 16 heavy (non-hydrogen) atoms. The summed E-state index contributed by atoms with van der Waals surface area (Å²) in [6, 6.07) is 4.33. The summed E-state index contributed by atoms with van der Waals surface area (Å²) in [5.74, 6) is 0. The van der Waals surface area contributed by atoms with E-state index in [2.05, 4.69) is 15.9 Å². The van der Waals surface area contributed by atoms with Crippen molar-refractivity contribution in [2.75, 3.05) is 6.54 Å². The highest BCUT2D eigenvalue weighted by molar-refractivity contribution is 9.10. The first kappa shape index (κ1) is 13.5. The molecule has 0 saturated heterocycles. The van der Waals surface area contributed by atoms with Crippen molar-refractivity contribution in [1.29, 1.82) is 0 Å². The van der Waals surface area contributed by atoms with Gasteiger partial charge < -0.3 is 0 Å². The minimum atomic E-state index is -3.85. The van der Waals surface area contributed by atoms with Crippen LogP contribution in [0.4, 0.5) is 8.78 Å². The maximum Gasteiger partial charge on any atom is 0.251 e. The van der Waals surface area contributed by atoms with Crippen LogP contribution in [-0.2, 0) is 10.0 Å². The Morgan fingerprint density at radius 2 is 2.06 bits per heavy atom. The van der Waals surface area contributed by atoms with Crippen LogP contribution in [-0.4, -0.2) is 21.4 Å². The predicted octanol–water partition coefficient (Wildman–Crippen LogP) is 2.30. The second kappa shape index (κ2) is 5.20. The van der Waals surface area contributed by atoms with E-state index in [4.69, 9.17) is 0 Å². The van der Waals surface area contributed by atoms with Crippen molar-refractivity contribution in [3.8, 4) is 0 Å². The van der Waals surface area contributed by atoms with Gasteiger partial charge in [-0.25, -0.2) is 21.9 Å². The summed E-state index contributed by atoms with van der Waals surface area (Å²) in [6.07, 6.45) is -2.70. The fourth-order valence-electron chi connectivity index (χ4n) is 1.04. The summed E-state index contributed by atoms with van der Waals surface area (Å²) in [5.41, 5.74) is 0.722. The number of alkyl halides is 2. The zero-order valence-corrected chi connectivity index (χ0v) is 10.8. The van der Waals surface area contributed by atoms with Crippen molar-refractivity contribution in [2.45, 2.75) is 18.2 Å². The molecule has 0 heterocycles. The maximum absolute atomic E-state index is 11.9. The number of hydrogen-bond donors (Lipinski definition) is 1. The van der Waals surface area contributed by atoms with Crippen molar-refractivity contribution in [2.24, 2.45) is 0 Å². The van der Waals surface area contributed by atoms with Crippen LogP contribution < -0.4 is 4.72 Å². The van der Waals surface area contributed by atoms with Crippen LogP contribution in [0.15, 0.2) is 27.6 Å². The molecule has 0 bridgehead atoms. The van der Waals surface area contributed by atoms with Gasteiger partial charge in [0.15, 0.2) is 0 Å². The van der Waals surface area contributed by atoms with Crippen LogP contribution in [0.1, 0.15) is 5.56 Å². The SMILES string of the molecule is Cc1cc(S(=O)(=O)NCC(F)F)ccc1Br. The van der Waals surface area contributed by atoms with Crippen molar-refractivity contribution >= 4 is 26.0 Å². The van der Waals surface area contributed by atoms with Gasteiger partial charge in [0.2, 0.25) is 10.0 Å². The van der Waals surface area contributed by atoms with Crippen molar-refractivity contribution in [3.05, 3.63) is 28.2 Å². The third-order valence-corrected chi connectivity index (χ3v) is 4.18. The lowest BCUT2D eigenvalue weighted by Crippen LogP contribution is -2.28. The molecule has 1 aromatic rings. The van der Waals surface area contributed by atoms with Gasteiger partial charge in [-0.1, -0.05) is 15.9 Å². The molecule has 1 aromatic carbocycles. The fourth-order valence-corrected chi connectivity index (χ4v) is 2.38. The molecule has 90 valence electrons. The minimum Gasteiger partial charge on any atom is -0.209 e. The lowest BCUT2D eigenvalue weighted by molar-refractivity contribution is 0.153. The van der Waals surface area contributed by atoms with E-state index in [0.29, 0.717) is 0 Å². The lowest BCUT2D eigenvalue weighted by Gasteiger charge is -2.07. The van der Waals surface area contributed by atoms with Crippen LogP contribution in [0.2, 0.25) is 0 Å². The standard InChI is InChI=1S/C9H10BrF2NO2S/c1-6-4-7(2-3-8(6)10)16(14,15)13-5-9(11)12/h2-4,9,13H,5H2,1H3. The molecule has 1 N–H and O–H groups in total. The zero-order chi connectivity index (χ0) is 12.3. The zero-order valence-electron chi connectivity index (χ0n) is 8.38. The van der Waals surface area contributed by atoms with Crippen LogP contribution >= 0.6 is 15.9 Å². The van der Waals surface area contributed by atoms with Crippen LogP contribution in [0.25, 0.3) is 0 Å². The highest BCUT2D eigenvalue weighted by Gasteiger charge is 2.16. The van der Waals surface area contributed by atoms with Gasteiger partial charge in [0, 0.05) is 4.47 Å². The van der Waals surface area contributed by atoms with Gasteiger partial charge in [0.25, 0.3) is 6.43 Å². The number of aryl methyl sites for hydroxylation is 1. The van der Waals surface area contributed by atoms with Crippen molar-refractivity contribution < 1.29 is 17.2 Å². The van der Waals surface area contributed by atoms with Gasteiger partial charge >= 0.3 is 0 Å². The average Bonchev–Trinajstić information content (AvgIpc) is 2.19. The van der Waals surface area contributed by atoms with E-state index in [1.165, 1.54) is 12.1 Å². The molecule has 1 rings (SSSR count). The quantitative estimate of drug-likeness (QED) is 0.927. The first-order valence-corrected chi connectivity index (χ1v) is 6.64. The molecule has 0 aromatic heterocycles. The monoisotopic (exact) mass is 313 g/mol. The molecular weight excluding hydrogens is 304 g/mol. The first-order chi connectivity index (χ1) is 7.33. The van der Waals surface area contributed by atoms with Gasteiger partial charge in [-0.15, -0.1) is 0 Å². The molecule has 0 amide bonds. The molecule has 0 aliphatic carbocycles. The average molecular weight is 314 g/mol. The van der Waals surface area contributed by atoms with Gasteiger partial charge in [-0.2, -0.15) is 0 Å².